The van der Waals surface area contributed by atoms with Crippen LogP contribution in [0.2, 0.25) is 0 Å². The number of hydrogen-bond acceptors (Lipinski definition) is 3. The normalized spacial score (nSPS) is 18.9. The van der Waals surface area contributed by atoms with Crippen molar-refractivity contribution in [1.82, 2.24) is 4.90 Å². The maximum absolute atomic E-state index is 12.7. The molecule has 0 spiro atoms. The first-order valence-electron chi connectivity index (χ1n) is 7.20. The highest BCUT2D eigenvalue weighted by molar-refractivity contribution is 7.20. The fraction of sp³-hybridized carbons (Fsp3) is 0.438. The summed E-state index contributed by atoms with van der Waals surface area (Å²) in [6.45, 7) is 1.06. The molecule has 1 fully saturated rings. The number of thiophene rings is 1. The number of aliphatic hydroxyl groups excluding tert-OH is 1. The third kappa shape index (κ3) is 2.58. The molecule has 3 rings (SSSR count). The molecule has 0 aliphatic carbocycles. The Hall–Kier alpha value is -1.39. The predicted octanol–water partition coefficient (Wildman–Crippen LogP) is 3.28. The lowest BCUT2D eigenvalue weighted by Crippen LogP contribution is -2.35. The van der Waals surface area contributed by atoms with E-state index in [9.17, 15) is 4.79 Å². The fourth-order valence-corrected chi connectivity index (χ4v) is 3.98. The molecule has 0 radical (unpaired) electrons. The van der Waals surface area contributed by atoms with Gasteiger partial charge >= 0.3 is 0 Å². The monoisotopic (exact) mass is 289 g/mol. The summed E-state index contributed by atoms with van der Waals surface area (Å²) in [7, 11) is 0. The quantitative estimate of drug-likeness (QED) is 0.938. The predicted molar refractivity (Wildman–Crippen MR) is 82.2 cm³/mol. The summed E-state index contributed by atoms with van der Waals surface area (Å²) in [5.74, 6) is 0.159. The molecule has 1 N–H and O–H groups in total. The summed E-state index contributed by atoms with van der Waals surface area (Å²) in [6.07, 6.45) is 3.83. The number of nitrogens with zero attached hydrogens (tertiary/aromatic N) is 1. The Kier molecular flexibility index (Phi) is 4.03. The molecule has 2 heterocycles. The van der Waals surface area contributed by atoms with Crippen molar-refractivity contribution in [2.75, 3.05) is 13.2 Å². The highest BCUT2D eigenvalue weighted by Gasteiger charge is 2.29. The Labute approximate surface area is 122 Å². The maximum Gasteiger partial charge on any atom is 0.264 e. The number of amides is 1. The molecule has 1 aromatic heterocycles. The first-order valence-corrected chi connectivity index (χ1v) is 8.01. The number of carbonyl (C=O) groups is 1. The van der Waals surface area contributed by atoms with Gasteiger partial charge in [-0.1, -0.05) is 18.2 Å². The lowest BCUT2D eigenvalue weighted by atomic mass is 10.1. The van der Waals surface area contributed by atoms with Crippen LogP contribution in [0.3, 0.4) is 0 Å². The number of likely N-dealkylation sites (tertiary alicyclic amines) is 1. The third-order valence-corrected chi connectivity index (χ3v) is 5.07. The van der Waals surface area contributed by atoms with Crippen LogP contribution in [0.5, 0.6) is 0 Å². The molecule has 0 bridgehead atoms. The zero-order chi connectivity index (χ0) is 13.9. The number of aliphatic hydroxyl groups is 1. The molecular formula is C16H19NO2S. The summed E-state index contributed by atoms with van der Waals surface area (Å²) >= 11 is 1.58. The van der Waals surface area contributed by atoms with Gasteiger partial charge in [0.2, 0.25) is 0 Å². The second-order valence-electron chi connectivity index (χ2n) is 5.31. The van der Waals surface area contributed by atoms with Gasteiger partial charge in [-0.05, 0) is 43.2 Å². The van der Waals surface area contributed by atoms with Gasteiger partial charge in [0.25, 0.3) is 5.91 Å². The van der Waals surface area contributed by atoms with E-state index in [4.69, 9.17) is 5.11 Å². The molecule has 1 aromatic carbocycles. The lowest BCUT2D eigenvalue weighted by Gasteiger charge is -2.23. The van der Waals surface area contributed by atoms with Crippen LogP contribution in [-0.4, -0.2) is 35.1 Å². The third-order valence-electron chi connectivity index (χ3n) is 3.97. The minimum absolute atomic E-state index is 0.159. The largest absolute Gasteiger partial charge is 0.396 e. The van der Waals surface area contributed by atoms with E-state index in [1.54, 1.807) is 11.3 Å². The van der Waals surface area contributed by atoms with Crippen molar-refractivity contribution in [3.8, 4) is 0 Å². The summed E-state index contributed by atoms with van der Waals surface area (Å²) in [5.41, 5.74) is 0. The van der Waals surface area contributed by atoms with Gasteiger partial charge in [0, 0.05) is 23.9 Å². The Balaban J connectivity index is 1.80. The van der Waals surface area contributed by atoms with Crippen LogP contribution in [0.25, 0.3) is 10.1 Å². The van der Waals surface area contributed by atoms with E-state index >= 15 is 0 Å². The first-order chi connectivity index (χ1) is 9.79. The lowest BCUT2D eigenvalue weighted by molar-refractivity contribution is 0.0729. The molecule has 20 heavy (non-hydrogen) atoms. The average molecular weight is 289 g/mol. The minimum Gasteiger partial charge on any atom is -0.396 e. The van der Waals surface area contributed by atoms with Gasteiger partial charge in [0.15, 0.2) is 0 Å². The van der Waals surface area contributed by atoms with Crippen LogP contribution in [-0.2, 0) is 0 Å². The van der Waals surface area contributed by atoms with Crippen LogP contribution < -0.4 is 0 Å². The van der Waals surface area contributed by atoms with Crippen LogP contribution in [0.1, 0.15) is 35.4 Å². The zero-order valence-corrected chi connectivity index (χ0v) is 12.2. The Morgan fingerprint density at radius 2 is 2.25 bits per heavy atom. The van der Waals surface area contributed by atoms with E-state index in [1.165, 1.54) is 4.70 Å². The Morgan fingerprint density at radius 1 is 1.40 bits per heavy atom. The number of rotatable bonds is 4. The van der Waals surface area contributed by atoms with Gasteiger partial charge in [0.1, 0.15) is 0 Å². The van der Waals surface area contributed by atoms with Crippen molar-refractivity contribution in [2.45, 2.75) is 31.7 Å². The highest BCUT2D eigenvalue weighted by atomic mass is 32.1. The standard InChI is InChI=1S/C16H19NO2S/c18-10-4-7-13-6-3-9-17(13)16(19)15-11-12-5-1-2-8-14(12)20-15/h1-2,5,8,11,13,18H,3-4,6-7,9-10H2. The SMILES string of the molecule is O=C(c1cc2ccccc2s1)N1CCCC1CCCO. The molecular weight excluding hydrogens is 270 g/mol. The van der Waals surface area contributed by atoms with Crippen molar-refractivity contribution in [3.63, 3.8) is 0 Å². The Bertz CT molecular complexity index is 574. The number of hydrogen-bond donors (Lipinski definition) is 1. The summed E-state index contributed by atoms with van der Waals surface area (Å²) in [4.78, 5) is 15.5. The number of fused-ring (bicyclic) bond motifs is 1. The van der Waals surface area contributed by atoms with Crippen molar-refractivity contribution in [1.29, 1.82) is 0 Å². The second kappa shape index (κ2) is 5.94. The molecule has 106 valence electrons. The fourth-order valence-electron chi connectivity index (χ4n) is 2.96. The molecule has 1 unspecified atom stereocenters. The number of carbonyl (C=O) groups excluding carboxylic acids is 1. The van der Waals surface area contributed by atoms with Gasteiger partial charge in [-0.15, -0.1) is 11.3 Å². The van der Waals surface area contributed by atoms with Crippen LogP contribution in [0, 0.1) is 0 Å². The molecule has 1 aliphatic rings. The molecule has 4 heteroatoms. The van der Waals surface area contributed by atoms with Gasteiger partial charge in [-0.3, -0.25) is 4.79 Å². The topological polar surface area (TPSA) is 40.5 Å². The molecule has 3 nitrogen and oxygen atoms in total. The van der Waals surface area contributed by atoms with E-state index in [-0.39, 0.29) is 12.5 Å². The van der Waals surface area contributed by atoms with Crippen LogP contribution >= 0.6 is 11.3 Å². The summed E-state index contributed by atoms with van der Waals surface area (Å²) in [5, 5.41) is 10.1. The van der Waals surface area contributed by atoms with Gasteiger partial charge in [-0.25, -0.2) is 0 Å². The molecule has 1 aliphatic heterocycles. The van der Waals surface area contributed by atoms with Crippen molar-refractivity contribution in [3.05, 3.63) is 35.2 Å². The van der Waals surface area contributed by atoms with Gasteiger partial charge in [0.05, 0.1) is 4.88 Å². The summed E-state index contributed by atoms with van der Waals surface area (Å²) < 4.78 is 1.17. The highest BCUT2D eigenvalue weighted by Crippen LogP contribution is 2.29. The van der Waals surface area contributed by atoms with Gasteiger partial charge < -0.3 is 10.0 Å². The van der Waals surface area contributed by atoms with Crippen LogP contribution in [0.15, 0.2) is 30.3 Å². The Morgan fingerprint density at radius 3 is 3.05 bits per heavy atom. The van der Waals surface area contributed by atoms with E-state index in [0.29, 0.717) is 6.04 Å². The minimum atomic E-state index is 0.159. The van der Waals surface area contributed by atoms with Crippen molar-refractivity contribution < 1.29 is 9.90 Å². The van der Waals surface area contributed by atoms with Gasteiger partial charge in [-0.2, -0.15) is 0 Å². The van der Waals surface area contributed by atoms with Crippen molar-refractivity contribution >= 4 is 27.3 Å². The summed E-state index contributed by atoms with van der Waals surface area (Å²) in [6, 6.07) is 10.4. The first kappa shape index (κ1) is 13.6. The molecule has 2 aromatic rings. The van der Waals surface area contributed by atoms with E-state index in [0.717, 1.165) is 42.5 Å². The smallest absolute Gasteiger partial charge is 0.264 e. The zero-order valence-electron chi connectivity index (χ0n) is 11.4. The van der Waals surface area contributed by atoms with E-state index in [1.807, 2.05) is 23.1 Å². The van der Waals surface area contributed by atoms with E-state index in [2.05, 4.69) is 12.1 Å². The molecule has 1 amide bonds. The second-order valence-corrected chi connectivity index (χ2v) is 6.39. The number of benzene rings is 1. The maximum atomic E-state index is 12.7. The molecule has 0 saturated carbocycles. The average Bonchev–Trinajstić information content (AvgIpc) is 3.10. The molecule has 1 saturated heterocycles. The van der Waals surface area contributed by atoms with Crippen molar-refractivity contribution in [2.24, 2.45) is 0 Å². The van der Waals surface area contributed by atoms with Crippen LogP contribution in [0.4, 0.5) is 0 Å². The molecule has 1 atom stereocenters. The van der Waals surface area contributed by atoms with E-state index < -0.39 is 0 Å².